The van der Waals surface area contributed by atoms with Crippen molar-refractivity contribution in [1.29, 1.82) is 0 Å². The summed E-state index contributed by atoms with van der Waals surface area (Å²) in [5.41, 5.74) is 2.53. The summed E-state index contributed by atoms with van der Waals surface area (Å²) in [5, 5.41) is 10.5. The van der Waals surface area contributed by atoms with Gasteiger partial charge in [0, 0.05) is 37.5 Å². The molecule has 0 aliphatic carbocycles. The molecule has 0 spiro atoms. The first-order valence-electron chi connectivity index (χ1n) is 9.86. The zero-order valence-electron chi connectivity index (χ0n) is 17.0. The molecule has 2 N–H and O–H groups in total. The third-order valence-electron chi connectivity index (χ3n) is 4.77. The van der Waals surface area contributed by atoms with E-state index in [9.17, 15) is 4.39 Å². The van der Waals surface area contributed by atoms with Gasteiger partial charge >= 0.3 is 0 Å². The number of nitrogens with zero attached hydrogens (tertiary/aromatic N) is 5. The maximum absolute atomic E-state index is 13.5. The Hall–Kier alpha value is -3.33. The molecular formula is C21H24FN7O. The Bertz CT molecular complexity index is 1030. The van der Waals surface area contributed by atoms with Crippen molar-refractivity contribution in [2.45, 2.75) is 25.8 Å². The highest BCUT2D eigenvalue weighted by atomic mass is 19.1. The SMILES string of the molecule is CC/C=C/c1ncc(Nc2cc(C3COC3)[nH]n2)nc1N(C)Cc1cncc(F)c1. The molecule has 9 heteroatoms. The molecule has 30 heavy (non-hydrogen) atoms. The topological polar surface area (TPSA) is 91.8 Å². The van der Waals surface area contributed by atoms with Gasteiger partial charge in [0.2, 0.25) is 0 Å². The van der Waals surface area contributed by atoms with E-state index in [0.29, 0.717) is 43.1 Å². The van der Waals surface area contributed by atoms with Crippen molar-refractivity contribution < 1.29 is 9.13 Å². The summed E-state index contributed by atoms with van der Waals surface area (Å²) in [5.74, 6) is 1.93. The number of allylic oxidation sites excluding steroid dienone is 1. The van der Waals surface area contributed by atoms with Crippen molar-refractivity contribution in [3.05, 3.63) is 59.6 Å². The average molecular weight is 409 g/mol. The van der Waals surface area contributed by atoms with Crippen LogP contribution < -0.4 is 10.2 Å². The van der Waals surface area contributed by atoms with Crippen LogP contribution in [0.15, 0.2) is 36.8 Å². The van der Waals surface area contributed by atoms with E-state index in [2.05, 4.69) is 32.4 Å². The van der Waals surface area contributed by atoms with Crippen LogP contribution in [0.25, 0.3) is 6.08 Å². The highest BCUT2D eigenvalue weighted by Crippen LogP contribution is 2.26. The number of aromatic nitrogens is 5. The fraction of sp³-hybridized carbons (Fsp3) is 0.333. The zero-order chi connectivity index (χ0) is 20.9. The van der Waals surface area contributed by atoms with Crippen molar-refractivity contribution in [1.82, 2.24) is 25.1 Å². The normalized spacial score (nSPS) is 14.1. The fourth-order valence-corrected chi connectivity index (χ4v) is 3.12. The maximum Gasteiger partial charge on any atom is 0.157 e. The van der Waals surface area contributed by atoms with Crippen LogP contribution in [-0.2, 0) is 11.3 Å². The summed E-state index contributed by atoms with van der Waals surface area (Å²) in [6.45, 7) is 3.93. The second kappa shape index (κ2) is 9.00. The van der Waals surface area contributed by atoms with Crippen molar-refractivity contribution in [3.8, 4) is 0 Å². The summed E-state index contributed by atoms with van der Waals surface area (Å²) in [7, 11) is 1.89. The van der Waals surface area contributed by atoms with Crippen LogP contribution in [0.5, 0.6) is 0 Å². The average Bonchev–Trinajstić information content (AvgIpc) is 3.13. The molecule has 0 bridgehead atoms. The van der Waals surface area contributed by atoms with Crippen molar-refractivity contribution in [2.24, 2.45) is 0 Å². The molecule has 1 aliphatic rings. The molecule has 4 heterocycles. The van der Waals surface area contributed by atoms with E-state index < -0.39 is 0 Å². The Morgan fingerprint density at radius 2 is 2.13 bits per heavy atom. The summed E-state index contributed by atoms with van der Waals surface area (Å²) < 4.78 is 18.7. The predicted molar refractivity (Wildman–Crippen MR) is 113 cm³/mol. The highest BCUT2D eigenvalue weighted by Gasteiger charge is 2.22. The molecule has 156 valence electrons. The van der Waals surface area contributed by atoms with E-state index in [-0.39, 0.29) is 5.82 Å². The number of halogens is 1. The minimum Gasteiger partial charge on any atom is -0.380 e. The van der Waals surface area contributed by atoms with Crippen LogP contribution >= 0.6 is 0 Å². The minimum absolute atomic E-state index is 0.361. The lowest BCUT2D eigenvalue weighted by molar-refractivity contribution is 0.00670. The molecule has 1 aliphatic heterocycles. The molecule has 1 saturated heterocycles. The van der Waals surface area contributed by atoms with Crippen molar-refractivity contribution in [2.75, 3.05) is 30.5 Å². The van der Waals surface area contributed by atoms with E-state index >= 15 is 0 Å². The number of hydrogen-bond donors (Lipinski definition) is 2. The van der Waals surface area contributed by atoms with E-state index in [0.717, 1.165) is 23.4 Å². The first-order chi connectivity index (χ1) is 14.6. The van der Waals surface area contributed by atoms with Crippen LogP contribution in [0.2, 0.25) is 0 Å². The maximum atomic E-state index is 13.5. The van der Waals surface area contributed by atoms with Gasteiger partial charge in [0.15, 0.2) is 17.5 Å². The quantitative estimate of drug-likeness (QED) is 0.587. The van der Waals surface area contributed by atoms with Gasteiger partial charge in [0.25, 0.3) is 0 Å². The molecule has 4 rings (SSSR count). The van der Waals surface area contributed by atoms with Gasteiger partial charge in [-0.15, -0.1) is 0 Å². The first-order valence-corrected chi connectivity index (χ1v) is 9.86. The van der Waals surface area contributed by atoms with Gasteiger partial charge in [0.1, 0.15) is 11.5 Å². The fourth-order valence-electron chi connectivity index (χ4n) is 3.12. The molecular weight excluding hydrogens is 385 g/mol. The molecule has 0 saturated carbocycles. The Morgan fingerprint density at radius 1 is 1.27 bits per heavy atom. The summed E-state index contributed by atoms with van der Waals surface area (Å²) in [6, 6.07) is 3.43. The molecule has 1 fully saturated rings. The second-order valence-electron chi connectivity index (χ2n) is 7.21. The van der Waals surface area contributed by atoms with E-state index in [1.807, 2.05) is 30.2 Å². The van der Waals surface area contributed by atoms with Gasteiger partial charge in [-0.3, -0.25) is 10.1 Å². The third-order valence-corrected chi connectivity index (χ3v) is 4.77. The lowest BCUT2D eigenvalue weighted by Gasteiger charge is -2.24. The lowest BCUT2D eigenvalue weighted by atomic mass is 10.0. The van der Waals surface area contributed by atoms with Gasteiger partial charge in [0.05, 0.1) is 25.6 Å². The number of aromatic amines is 1. The van der Waals surface area contributed by atoms with Gasteiger partial charge in [-0.1, -0.05) is 13.0 Å². The molecule has 0 amide bonds. The number of rotatable bonds is 8. The van der Waals surface area contributed by atoms with Gasteiger partial charge in [-0.05, 0) is 24.1 Å². The van der Waals surface area contributed by atoms with Crippen LogP contribution in [0.3, 0.4) is 0 Å². The Morgan fingerprint density at radius 3 is 2.87 bits per heavy atom. The van der Waals surface area contributed by atoms with Gasteiger partial charge < -0.3 is 15.0 Å². The Labute approximate surface area is 174 Å². The van der Waals surface area contributed by atoms with E-state index in [4.69, 9.17) is 9.72 Å². The molecule has 0 unspecified atom stereocenters. The summed E-state index contributed by atoms with van der Waals surface area (Å²) >= 11 is 0. The molecule has 0 radical (unpaired) electrons. The van der Waals surface area contributed by atoms with E-state index in [1.54, 1.807) is 12.4 Å². The molecule has 0 atom stereocenters. The van der Waals surface area contributed by atoms with E-state index in [1.165, 1.54) is 12.3 Å². The minimum atomic E-state index is -0.361. The number of nitrogens with one attached hydrogen (secondary N) is 2. The lowest BCUT2D eigenvalue weighted by Crippen LogP contribution is -2.25. The molecule has 8 nitrogen and oxygen atoms in total. The Balaban J connectivity index is 1.56. The summed E-state index contributed by atoms with van der Waals surface area (Å²) in [4.78, 5) is 15.1. The van der Waals surface area contributed by atoms with Crippen LogP contribution in [-0.4, -0.2) is 45.4 Å². The van der Waals surface area contributed by atoms with Gasteiger partial charge in [-0.25, -0.2) is 14.4 Å². The second-order valence-corrected chi connectivity index (χ2v) is 7.21. The molecule has 0 aromatic carbocycles. The Kier molecular flexibility index (Phi) is 5.99. The van der Waals surface area contributed by atoms with Crippen LogP contribution in [0.1, 0.15) is 36.2 Å². The largest absolute Gasteiger partial charge is 0.380 e. The van der Waals surface area contributed by atoms with Crippen LogP contribution in [0.4, 0.5) is 21.8 Å². The zero-order valence-corrected chi connectivity index (χ0v) is 17.0. The van der Waals surface area contributed by atoms with Crippen molar-refractivity contribution in [3.63, 3.8) is 0 Å². The van der Waals surface area contributed by atoms with Gasteiger partial charge in [-0.2, -0.15) is 5.10 Å². The molecule has 3 aromatic rings. The number of anilines is 3. The number of hydrogen-bond acceptors (Lipinski definition) is 7. The first kappa shape index (κ1) is 20.0. The number of pyridine rings is 1. The third kappa shape index (κ3) is 4.62. The van der Waals surface area contributed by atoms with Crippen molar-refractivity contribution >= 4 is 23.5 Å². The number of H-pyrrole nitrogens is 1. The van der Waals surface area contributed by atoms with Crippen LogP contribution in [0, 0.1) is 5.82 Å². The monoisotopic (exact) mass is 409 g/mol. The smallest absolute Gasteiger partial charge is 0.157 e. The standard InChI is InChI=1S/C21H24FN7O/c1-3-4-5-17-21(29(2)11-14-6-16(22)9-23-8-14)26-20(10-24-17)25-19-7-18(27-28-19)15-12-30-13-15/h4-10,15H,3,11-13H2,1-2H3,(H2,25,26,27,28)/b5-4+. The number of ether oxygens (including phenoxy) is 1. The predicted octanol–water partition coefficient (Wildman–Crippen LogP) is 3.65. The molecule has 3 aromatic heterocycles. The summed E-state index contributed by atoms with van der Waals surface area (Å²) in [6.07, 6.45) is 9.37. The highest BCUT2D eigenvalue weighted by molar-refractivity contribution is 5.64.